The molecule has 0 saturated carbocycles. The average Bonchev–Trinajstić information content (AvgIpc) is 2.95. The van der Waals surface area contributed by atoms with E-state index in [1.807, 2.05) is 17.8 Å². The number of aromatic amines is 1. The number of halogens is 1. The molecule has 0 fully saturated rings. The number of H-pyrrole nitrogens is 1. The van der Waals surface area contributed by atoms with E-state index in [9.17, 15) is 4.39 Å². The lowest BCUT2D eigenvalue weighted by atomic mass is 10.0. The number of hydrogen-bond donors (Lipinski definition) is 2. The number of nitrogens with zero attached hydrogens (tertiary/aromatic N) is 3. The number of aromatic nitrogens is 4. The topological polar surface area (TPSA) is 72.5 Å². The summed E-state index contributed by atoms with van der Waals surface area (Å²) in [5.41, 5.74) is 8.60. The van der Waals surface area contributed by atoms with Gasteiger partial charge in [-0.3, -0.25) is 5.10 Å². The first kappa shape index (κ1) is 11.5. The molecular formula is C13H12FN5. The van der Waals surface area contributed by atoms with Gasteiger partial charge in [-0.05, 0) is 17.7 Å². The van der Waals surface area contributed by atoms with Gasteiger partial charge in [0.15, 0.2) is 5.82 Å². The van der Waals surface area contributed by atoms with Crippen LogP contribution in [0, 0.1) is 5.82 Å². The van der Waals surface area contributed by atoms with Gasteiger partial charge in [0.1, 0.15) is 11.5 Å². The summed E-state index contributed by atoms with van der Waals surface area (Å²) < 4.78 is 15.2. The van der Waals surface area contributed by atoms with E-state index in [4.69, 9.17) is 5.73 Å². The normalized spacial score (nSPS) is 10.8. The van der Waals surface area contributed by atoms with Crippen LogP contribution in [-0.4, -0.2) is 19.7 Å². The lowest BCUT2D eigenvalue weighted by molar-refractivity contribution is 0.628. The van der Waals surface area contributed by atoms with Crippen LogP contribution in [0.1, 0.15) is 0 Å². The third-order valence-corrected chi connectivity index (χ3v) is 2.87. The molecule has 96 valence electrons. The van der Waals surface area contributed by atoms with Crippen LogP contribution in [-0.2, 0) is 7.05 Å². The summed E-state index contributed by atoms with van der Waals surface area (Å²) in [6, 6.07) is 6.24. The van der Waals surface area contributed by atoms with E-state index in [1.54, 1.807) is 18.5 Å². The quantitative estimate of drug-likeness (QED) is 0.739. The molecular weight excluding hydrogens is 245 g/mol. The highest BCUT2D eigenvalue weighted by atomic mass is 19.1. The van der Waals surface area contributed by atoms with E-state index >= 15 is 0 Å². The lowest BCUT2D eigenvalue weighted by Gasteiger charge is -2.02. The summed E-state index contributed by atoms with van der Waals surface area (Å²) in [5.74, 6) is 0.0105. The fraction of sp³-hybridized carbons (Fsp3) is 0.0769. The second-order valence-corrected chi connectivity index (χ2v) is 4.29. The molecule has 0 spiro atoms. The molecule has 0 aliphatic carbocycles. The van der Waals surface area contributed by atoms with Gasteiger partial charge in [-0.1, -0.05) is 12.1 Å². The SMILES string of the molecule is Cn1cnc(-c2[nH]nc(N)c2-c2cccc(F)c2)c1. The van der Waals surface area contributed by atoms with Crippen molar-refractivity contribution >= 4 is 5.82 Å². The molecule has 0 amide bonds. The maximum Gasteiger partial charge on any atom is 0.153 e. The maximum atomic E-state index is 13.3. The molecule has 0 aliphatic rings. The predicted molar refractivity (Wildman–Crippen MR) is 70.6 cm³/mol. The number of rotatable bonds is 2. The first-order valence-electron chi connectivity index (χ1n) is 5.73. The number of benzene rings is 1. The van der Waals surface area contributed by atoms with Crippen LogP contribution < -0.4 is 5.73 Å². The van der Waals surface area contributed by atoms with Gasteiger partial charge in [-0.25, -0.2) is 9.37 Å². The Kier molecular flexibility index (Phi) is 2.56. The van der Waals surface area contributed by atoms with E-state index in [-0.39, 0.29) is 5.82 Å². The van der Waals surface area contributed by atoms with Crippen molar-refractivity contribution in [2.75, 3.05) is 5.73 Å². The van der Waals surface area contributed by atoms with Crippen molar-refractivity contribution in [3.05, 3.63) is 42.6 Å². The van der Waals surface area contributed by atoms with Crippen LogP contribution in [0.25, 0.3) is 22.5 Å². The van der Waals surface area contributed by atoms with Gasteiger partial charge in [-0.15, -0.1) is 0 Å². The van der Waals surface area contributed by atoms with Gasteiger partial charge in [-0.2, -0.15) is 5.10 Å². The zero-order valence-corrected chi connectivity index (χ0v) is 10.3. The van der Waals surface area contributed by atoms with Crippen LogP contribution >= 0.6 is 0 Å². The molecule has 3 N–H and O–H groups in total. The minimum Gasteiger partial charge on any atom is -0.382 e. The molecule has 0 aliphatic heterocycles. The summed E-state index contributed by atoms with van der Waals surface area (Å²) in [6.07, 6.45) is 3.53. The van der Waals surface area contributed by atoms with Crippen molar-refractivity contribution in [3.8, 4) is 22.5 Å². The van der Waals surface area contributed by atoms with Crippen molar-refractivity contribution in [1.82, 2.24) is 19.7 Å². The van der Waals surface area contributed by atoms with Gasteiger partial charge in [0.2, 0.25) is 0 Å². The monoisotopic (exact) mass is 257 g/mol. The highest BCUT2D eigenvalue weighted by molar-refractivity contribution is 5.86. The molecule has 0 saturated heterocycles. The number of imidazole rings is 1. The van der Waals surface area contributed by atoms with Crippen LogP contribution in [0.15, 0.2) is 36.8 Å². The number of anilines is 1. The first-order chi connectivity index (χ1) is 9.15. The van der Waals surface area contributed by atoms with Crippen molar-refractivity contribution in [2.24, 2.45) is 7.05 Å². The number of nitrogens with two attached hydrogens (primary N) is 1. The molecule has 3 rings (SSSR count). The Hall–Kier alpha value is -2.63. The molecule has 6 heteroatoms. The van der Waals surface area contributed by atoms with Gasteiger partial charge in [0.05, 0.1) is 17.6 Å². The number of hydrogen-bond acceptors (Lipinski definition) is 3. The zero-order valence-electron chi connectivity index (χ0n) is 10.3. The fourth-order valence-electron chi connectivity index (χ4n) is 2.02. The van der Waals surface area contributed by atoms with E-state index in [0.717, 1.165) is 0 Å². The van der Waals surface area contributed by atoms with Gasteiger partial charge in [0, 0.05) is 13.2 Å². The van der Waals surface area contributed by atoms with Crippen molar-refractivity contribution in [1.29, 1.82) is 0 Å². The van der Waals surface area contributed by atoms with Crippen LogP contribution in [0.3, 0.4) is 0 Å². The Morgan fingerprint density at radius 3 is 2.89 bits per heavy atom. The largest absolute Gasteiger partial charge is 0.382 e. The summed E-state index contributed by atoms with van der Waals surface area (Å²) in [7, 11) is 1.87. The van der Waals surface area contributed by atoms with Crippen molar-refractivity contribution in [3.63, 3.8) is 0 Å². The summed E-state index contributed by atoms with van der Waals surface area (Å²) in [4.78, 5) is 4.25. The van der Waals surface area contributed by atoms with Gasteiger partial charge >= 0.3 is 0 Å². The Morgan fingerprint density at radius 2 is 2.21 bits per heavy atom. The van der Waals surface area contributed by atoms with Crippen molar-refractivity contribution in [2.45, 2.75) is 0 Å². The number of aryl methyl sites for hydroxylation is 1. The molecule has 1 aromatic carbocycles. The van der Waals surface area contributed by atoms with Crippen LogP contribution in [0.5, 0.6) is 0 Å². The molecule has 0 radical (unpaired) electrons. The third-order valence-electron chi connectivity index (χ3n) is 2.87. The van der Waals surface area contributed by atoms with E-state index in [1.165, 1.54) is 12.1 Å². The Balaban J connectivity index is 2.19. The highest BCUT2D eigenvalue weighted by Gasteiger charge is 2.16. The number of nitrogen functional groups attached to an aromatic ring is 1. The smallest absolute Gasteiger partial charge is 0.153 e. The molecule has 19 heavy (non-hydrogen) atoms. The second-order valence-electron chi connectivity index (χ2n) is 4.29. The predicted octanol–water partition coefficient (Wildman–Crippen LogP) is 2.20. The third kappa shape index (κ3) is 1.97. The molecule has 3 aromatic rings. The number of nitrogens with one attached hydrogen (secondary N) is 1. The average molecular weight is 257 g/mol. The molecule has 2 aromatic heterocycles. The Labute approximate surface area is 108 Å². The summed E-state index contributed by atoms with van der Waals surface area (Å²) in [5, 5.41) is 6.84. The summed E-state index contributed by atoms with van der Waals surface area (Å²) in [6.45, 7) is 0. The van der Waals surface area contributed by atoms with Gasteiger partial charge in [0.25, 0.3) is 0 Å². The molecule has 0 unspecified atom stereocenters. The standard InChI is InChI=1S/C13H12FN5/c1-19-6-10(16-7-19)12-11(13(15)18-17-12)8-3-2-4-9(14)5-8/h2-7H,1H3,(H3,15,17,18). The Bertz CT molecular complexity index is 728. The van der Waals surface area contributed by atoms with E-state index in [2.05, 4.69) is 15.2 Å². The minimum absolute atomic E-state index is 0.315. The second kappa shape index (κ2) is 4.24. The van der Waals surface area contributed by atoms with E-state index < -0.39 is 0 Å². The Morgan fingerprint density at radius 1 is 1.37 bits per heavy atom. The first-order valence-corrected chi connectivity index (χ1v) is 5.73. The van der Waals surface area contributed by atoms with E-state index in [0.29, 0.717) is 28.3 Å². The molecule has 0 bridgehead atoms. The van der Waals surface area contributed by atoms with Crippen LogP contribution in [0.2, 0.25) is 0 Å². The highest BCUT2D eigenvalue weighted by Crippen LogP contribution is 2.33. The molecule has 2 heterocycles. The van der Waals surface area contributed by atoms with Crippen molar-refractivity contribution < 1.29 is 4.39 Å². The summed E-state index contributed by atoms with van der Waals surface area (Å²) >= 11 is 0. The minimum atomic E-state index is -0.315. The lowest BCUT2D eigenvalue weighted by Crippen LogP contribution is -1.89. The molecule has 0 atom stereocenters. The fourth-order valence-corrected chi connectivity index (χ4v) is 2.02. The molecule has 5 nitrogen and oxygen atoms in total. The van der Waals surface area contributed by atoms with Crippen LogP contribution in [0.4, 0.5) is 10.2 Å². The zero-order chi connectivity index (χ0) is 13.4. The van der Waals surface area contributed by atoms with Gasteiger partial charge < -0.3 is 10.3 Å². The maximum absolute atomic E-state index is 13.3.